The highest BCUT2D eigenvalue weighted by Gasteiger charge is 2.16. The van der Waals surface area contributed by atoms with Gasteiger partial charge in [0.1, 0.15) is 0 Å². The van der Waals surface area contributed by atoms with E-state index in [-0.39, 0.29) is 5.91 Å². The second-order valence-electron chi connectivity index (χ2n) is 7.22. The van der Waals surface area contributed by atoms with Crippen LogP contribution in [-0.2, 0) is 0 Å². The Labute approximate surface area is 201 Å². The normalized spacial score (nSPS) is 10.6. The van der Waals surface area contributed by atoms with Gasteiger partial charge in [-0.05, 0) is 78.0 Å². The number of nitrogens with two attached hydrogens (primary N) is 1. The second kappa shape index (κ2) is 9.90. The number of rotatable bonds is 6. The van der Waals surface area contributed by atoms with E-state index in [1.165, 1.54) is 0 Å². The molecule has 1 aromatic heterocycles. The van der Waals surface area contributed by atoms with E-state index in [9.17, 15) is 9.59 Å². The molecule has 0 fully saturated rings. The van der Waals surface area contributed by atoms with E-state index in [2.05, 4.69) is 10.3 Å². The first kappa shape index (κ1) is 22.6. The van der Waals surface area contributed by atoms with Crippen LogP contribution in [0.2, 0.25) is 5.02 Å². The minimum atomic E-state index is -0.521. The highest BCUT2D eigenvalue weighted by Crippen LogP contribution is 2.32. The lowest BCUT2D eigenvalue weighted by Gasteiger charge is -2.14. The van der Waals surface area contributed by atoms with Crippen LogP contribution in [-0.4, -0.2) is 23.1 Å². The summed E-state index contributed by atoms with van der Waals surface area (Å²) in [4.78, 5) is 30.3. The fourth-order valence-corrected chi connectivity index (χ4v) is 4.10. The minimum absolute atomic E-state index is 0.281. The molecule has 0 radical (unpaired) electrons. The van der Waals surface area contributed by atoms with Gasteiger partial charge in [0.05, 0.1) is 10.7 Å². The number of benzene rings is 3. The third kappa shape index (κ3) is 5.08. The zero-order valence-corrected chi connectivity index (χ0v) is 19.3. The lowest BCUT2D eigenvalue weighted by atomic mass is 9.97. The molecule has 5 nitrogen and oxygen atoms in total. The molecule has 7 heteroatoms. The SMILES string of the molecule is CSc1ccc(C(=O)Nc2ccc(Cl)c(-c3ccccn3)c2)c(-c2cccc(C(N)=O)c2)c1. The number of nitrogens with one attached hydrogen (secondary N) is 1. The van der Waals surface area contributed by atoms with E-state index in [1.54, 1.807) is 60.4 Å². The number of thioether (sulfide) groups is 1. The van der Waals surface area contributed by atoms with Crippen LogP contribution >= 0.6 is 23.4 Å². The maximum atomic E-state index is 13.3. The van der Waals surface area contributed by atoms with E-state index < -0.39 is 5.91 Å². The summed E-state index contributed by atoms with van der Waals surface area (Å²) in [6.45, 7) is 0. The molecule has 3 aromatic carbocycles. The van der Waals surface area contributed by atoms with E-state index in [0.29, 0.717) is 33.1 Å². The molecule has 0 bridgehead atoms. The third-order valence-corrected chi connectivity index (χ3v) is 6.15. The number of pyridine rings is 1. The summed E-state index contributed by atoms with van der Waals surface area (Å²) < 4.78 is 0. The van der Waals surface area contributed by atoms with Crippen molar-refractivity contribution in [2.45, 2.75) is 4.90 Å². The molecule has 0 saturated heterocycles. The Morgan fingerprint density at radius 2 is 1.79 bits per heavy atom. The number of amides is 2. The van der Waals surface area contributed by atoms with Gasteiger partial charge in [-0.1, -0.05) is 29.8 Å². The van der Waals surface area contributed by atoms with Crippen LogP contribution in [0.3, 0.4) is 0 Å². The number of hydrogen-bond acceptors (Lipinski definition) is 4. The van der Waals surface area contributed by atoms with Crippen molar-refractivity contribution in [3.8, 4) is 22.4 Å². The van der Waals surface area contributed by atoms with E-state index in [4.69, 9.17) is 17.3 Å². The van der Waals surface area contributed by atoms with Crippen molar-refractivity contribution >= 4 is 40.9 Å². The molecule has 4 aromatic rings. The molecule has 4 rings (SSSR count). The van der Waals surface area contributed by atoms with Gasteiger partial charge in [0.25, 0.3) is 5.91 Å². The Kier molecular flexibility index (Phi) is 6.77. The summed E-state index contributed by atoms with van der Waals surface area (Å²) in [6, 6.07) is 23.4. The summed E-state index contributed by atoms with van der Waals surface area (Å²) >= 11 is 7.94. The van der Waals surface area contributed by atoms with Crippen molar-refractivity contribution in [1.82, 2.24) is 4.98 Å². The van der Waals surface area contributed by atoms with Crippen LogP contribution in [0.25, 0.3) is 22.4 Å². The van der Waals surface area contributed by atoms with Gasteiger partial charge in [-0.3, -0.25) is 14.6 Å². The monoisotopic (exact) mass is 473 g/mol. The van der Waals surface area contributed by atoms with Crippen molar-refractivity contribution in [2.75, 3.05) is 11.6 Å². The summed E-state index contributed by atoms with van der Waals surface area (Å²) in [7, 11) is 0. The summed E-state index contributed by atoms with van der Waals surface area (Å²) in [5.74, 6) is -0.802. The Morgan fingerprint density at radius 1 is 0.939 bits per heavy atom. The number of aromatic nitrogens is 1. The molecular weight excluding hydrogens is 454 g/mol. The predicted molar refractivity (Wildman–Crippen MR) is 135 cm³/mol. The lowest BCUT2D eigenvalue weighted by Crippen LogP contribution is -2.14. The first-order valence-corrected chi connectivity index (χ1v) is 11.7. The van der Waals surface area contributed by atoms with Crippen molar-refractivity contribution in [3.63, 3.8) is 0 Å². The lowest BCUT2D eigenvalue weighted by molar-refractivity contribution is 0.0998. The number of halogens is 1. The number of anilines is 1. The number of hydrogen-bond donors (Lipinski definition) is 2. The van der Waals surface area contributed by atoms with Crippen LogP contribution in [0.5, 0.6) is 0 Å². The van der Waals surface area contributed by atoms with Gasteiger partial charge in [0.15, 0.2) is 0 Å². The Hall–Kier alpha value is -3.61. The van der Waals surface area contributed by atoms with Crippen LogP contribution < -0.4 is 11.1 Å². The first-order valence-electron chi connectivity index (χ1n) is 10.1. The van der Waals surface area contributed by atoms with Crippen LogP contribution in [0.15, 0.2) is 90.0 Å². The molecular formula is C26H20ClN3O2S. The molecule has 0 atom stereocenters. The quantitative estimate of drug-likeness (QED) is 0.329. The molecule has 0 aliphatic carbocycles. The van der Waals surface area contributed by atoms with Crippen molar-refractivity contribution in [3.05, 3.63) is 101 Å². The standard InChI is InChI=1S/C26H20ClN3O2S/c1-33-19-9-10-20(21(15-19)16-5-4-6-17(13-16)25(28)31)26(32)30-18-8-11-23(27)22(14-18)24-7-2-3-12-29-24/h2-15H,1H3,(H2,28,31)(H,30,32). The molecule has 0 saturated carbocycles. The van der Waals surface area contributed by atoms with Gasteiger partial charge >= 0.3 is 0 Å². The average molecular weight is 474 g/mol. The van der Waals surface area contributed by atoms with Gasteiger partial charge in [0.2, 0.25) is 5.91 Å². The maximum Gasteiger partial charge on any atom is 0.256 e. The van der Waals surface area contributed by atoms with Crippen LogP contribution in [0, 0.1) is 0 Å². The Morgan fingerprint density at radius 3 is 2.52 bits per heavy atom. The number of carbonyl (C=O) groups is 2. The molecule has 33 heavy (non-hydrogen) atoms. The molecule has 164 valence electrons. The largest absolute Gasteiger partial charge is 0.366 e. The zero-order chi connectivity index (χ0) is 23.4. The topological polar surface area (TPSA) is 85.1 Å². The highest BCUT2D eigenvalue weighted by atomic mass is 35.5. The average Bonchev–Trinajstić information content (AvgIpc) is 2.85. The van der Waals surface area contributed by atoms with E-state index in [1.807, 2.05) is 42.7 Å². The van der Waals surface area contributed by atoms with Crippen LogP contribution in [0.4, 0.5) is 5.69 Å². The number of carbonyl (C=O) groups excluding carboxylic acids is 2. The Bertz CT molecular complexity index is 1340. The Balaban J connectivity index is 1.71. The fraction of sp³-hybridized carbons (Fsp3) is 0.0385. The minimum Gasteiger partial charge on any atom is -0.366 e. The molecule has 1 heterocycles. The van der Waals surface area contributed by atoms with Gasteiger partial charge in [-0.15, -0.1) is 11.8 Å². The first-order chi connectivity index (χ1) is 16.0. The number of primary amides is 1. The third-order valence-electron chi connectivity index (χ3n) is 5.09. The molecule has 2 amide bonds. The predicted octanol–water partition coefficient (Wildman–Crippen LogP) is 6.14. The summed E-state index contributed by atoms with van der Waals surface area (Å²) in [5.41, 5.74) is 9.79. The smallest absolute Gasteiger partial charge is 0.256 e. The van der Waals surface area contributed by atoms with Crippen LogP contribution in [0.1, 0.15) is 20.7 Å². The molecule has 0 aliphatic rings. The van der Waals surface area contributed by atoms with E-state index >= 15 is 0 Å². The summed E-state index contributed by atoms with van der Waals surface area (Å²) in [6.07, 6.45) is 3.65. The zero-order valence-electron chi connectivity index (χ0n) is 17.7. The second-order valence-corrected chi connectivity index (χ2v) is 8.51. The molecule has 0 unspecified atom stereocenters. The van der Waals surface area contributed by atoms with Crippen molar-refractivity contribution < 1.29 is 9.59 Å². The molecule has 0 aliphatic heterocycles. The molecule has 3 N–H and O–H groups in total. The van der Waals surface area contributed by atoms with Crippen molar-refractivity contribution in [1.29, 1.82) is 0 Å². The molecule has 0 spiro atoms. The summed E-state index contributed by atoms with van der Waals surface area (Å²) in [5, 5.41) is 3.50. The van der Waals surface area contributed by atoms with E-state index in [0.717, 1.165) is 16.0 Å². The van der Waals surface area contributed by atoms with Gasteiger partial charge < -0.3 is 11.1 Å². The van der Waals surface area contributed by atoms with Gasteiger partial charge in [-0.25, -0.2) is 0 Å². The van der Waals surface area contributed by atoms with Gasteiger partial charge in [-0.2, -0.15) is 0 Å². The maximum absolute atomic E-state index is 13.3. The van der Waals surface area contributed by atoms with Crippen molar-refractivity contribution in [2.24, 2.45) is 5.73 Å². The van der Waals surface area contributed by atoms with Gasteiger partial charge in [0, 0.05) is 33.5 Å². The number of nitrogens with zero attached hydrogens (tertiary/aromatic N) is 1. The fourth-order valence-electron chi connectivity index (χ4n) is 3.45. The highest BCUT2D eigenvalue weighted by molar-refractivity contribution is 7.98.